The zero-order chi connectivity index (χ0) is 22.7. The molecule has 6 nitrogen and oxygen atoms in total. The minimum Gasteiger partial charge on any atom is -0.368 e. The van der Waals surface area contributed by atoms with Crippen LogP contribution in [0.1, 0.15) is 10.4 Å². The van der Waals surface area contributed by atoms with Crippen LogP contribution in [-0.2, 0) is 10.0 Å². The van der Waals surface area contributed by atoms with Gasteiger partial charge in [0.2, 0.25) is 0 Å². The molecule has 0 aromatic heterocycles. The maximum absolute atomic E-state index is 13.9. The summed E-state index contributed by atoms with van der Waals surface area (Å²) in [5, 5.41) is 0.668. The highest BCUT2D eigenvalue weighted by atomic mass is 35.5. The van der Waals surface area contributed by atoms with Crippen molar-refractivity contribution >= 4 is 38.9 Å². The minimum atomic E-state index is -4.05. The number of para-hydroxylation sites is 1. The Labute approximate surface area is 191 Å². The molecule has 1 amide bonds. The molecule has 1 N–H and O–H groups in total. The number of benzene rings is 3. The zero-order valence-corrected chi connectivity index (χ0v) is 18.6. The van der Waals surface area contributed by atoms with Gasteiger partial charge in [0.05, 0.1) is 10.6 Å². The van der Waals surface area contributed by atoms with E-state index in [1.165, 1.54) is 42.5 Å². The van der Waals surface area contributed by atoms with Crippen molar-refractivity contribution in [2.24, 2.45) is 0 Å². The maximum atomic E-state index is 13.9. The number of carbonyl (C=O) groups is 1. The number of nitrogens with one attached hydrogen (secondary N) is 1. The van der Waals surface area contributed by atoms with Crippen LogP contribution in [0.4, 0.5) is 15.8 Å². The third-order valence-electron chi connectivity index (χ3n) is 5.27. The number of carbonyl (C=O) groups excluding carboxylic acids is 1. The number of halogens is 2. The molecule has 0 aliphatic carbocycles. The van der Waals surface area contributed by atoms with Gasteiger partial charge in [-0.25, -0.2) is 12.8 Å². The summed E-state index contributed by atoms with van der Waals surface area (Å²) in [5.41, 5.74) is 1.15. The number of hydrogen-bond acceptors (Lipinski definition) is 4. The number of sulfonamides is 1. The van der Waals surface area contributed by atoms with Gasteiger partial charge < -0.3 is 9.80 Å². The van der Waals surface area contributed by atoms with E-state index in [-0.39, 0.29) is 22.1 Å². The molecule has 0 unspecified atom stereocenters. The van der Waals surface area contributed by atoms with Gasteiger partial charge in [-0.15, -0.1) is 0 Å². The van der Waals surface area contributed by atoms with E-state index in [9.17, 15) is 17.6 Å². The van der Waals surface area contributed by atoms with Gasteiger partial charge in [0.1, 0.15) is 5.82 Å². The quantitative estimate of drug-likeness (QED) is 0.601. The summed E-state index contributed by atoms with van der Waals surface area (Å²) >= 11 is 5.94. The van der Waals surface area contributed by atoms with Crippen molar-refractivity contribution in [3.05, 3.63) is 89.2 Å². The predicted molar refractivity (Wildman–Crippen MR) is 123 cm³/mol. The smallest absolute Gasteiger partial charge is 0.262 e. The Kier molecular flexibility index (Phi) is 6.34. The van der Waals surface area contributed by atoms with Gasteiger partial charge in [-0.1, -0.05) is 29.8 Å². The summed E-state index contributed by atoms with van der Waals surface area (Å²) < 4.78 is 41.5. The van der Waals surface area contributed by atoms with Crippen LogP contribution in [0, 0.1) is 5.82 Å². The van der Waals surface area contributed by atoms with Crippen molar-refractivity contribution in [1.82, 2.24) is 4.90 Å². The summed E-state index contributed by atoms with van der Waals surface area (Å²) in [6.07, 6.45) is 0. The van der Waals surface area contributed by atoms with E-state index in [4.69, 9.17) is 11.6 Å². The van der Waals surface area contributed by atoms with Crippen molar-refractivity contribution in [2.75, 3.05) is 35.8 Å². The van der Waals surface area contributed by atoms with Gasteiger partial charge in [0.15, 0.2) is 0 Å². The number of anilines is 2. The standard InChI is InChI=1S/C23H21ClFN3O3S/c24-18-8-10-19(11-9-18)27-12-14-28(15-13-27)23(29)17-4-3-5-20(16-17)32(30,31)26-22-7-2-1-6-21(22)25/h1-11,16,26H,12-15H2. The molecule has 166 valence electrons. The van der Waals surface area contributed by atoms with Crippen molar-refractivity contribution in [3.63, 3.8) is 0 Å². The highest BCUT2D eigenvalue weighted by Gasteiger charge is 2.24. The summed E-state index contributed by atoms with van der Waals surface area (Å²) in [5.74, 6) is -0.925. The van der Waals surface area contributed by atoms with Crippen LogP contribution >= 0.6 is 11.6 Å². The first-order valence-electron chi connectivity index (χ1n) is 10.0. The van der Waals surface area contributed by atoms with Gasteiger partial charge in [-0.3, -0.25) is 9.52 Å². The van der Waals surface area contributed by atoms with E-state index >= 15 is 0 Å². The van der Waals surface area contributed by atoms with E-state index in [0.717, 1.165) is 5.69 Å². The van der Waals surface area contributed by atoms with E-state index in [2.05, 4.69) is 9.62 Å². The molecule has 1 saturated heterocycles. The molecule has 32 heavy (non-hydrogen) atoms. The summed E-state index contributed by atoms with van der Waals surface area (Å²) in [6, 6.07) is 18.8. The largest absolute Gasteiger partial charge is 0.368 e. The van der Waals surface area contributed by atoms with Gasteiger partial charge >= 0.3 is 0 Å². The van der Waals surface area contributed by atoms with Crippen molar-refractivity contribution in [1.29, 1.82) is 0 Å². The molecule has 0 radical (unpaired) electrons. The molecular formula is C23H21ClFN3O3S. The lowest BCUT2D eigenvalue weighted by Crippen LogP contribution is -2.48. The highest BCUT2D eigenvalue weighted by molar-refractivity contribution is 7.92. The number of hydrogen-bond donors (Lipinski definition) is 1. The molecule has 1 aliphatic heterocycles. The summed E-state index contributed by atoms with van der Waals surface area (Å²) in [7, 11) is -4.05. The third kappa shape index (κ3) is 4.87. The fourth-order valence-corrected chi connectivity index (χ4v) is 4.78. The molecule has 1 aliphatic rings. The normalized spacial score (nSPS) is 14.3. The van der Waals surface area contributed by atoms with Gasteiger partial charge in [-0.05, 0) is 54.6 Å². The molecule has 9 heteroatoms. The molecule has 0 spiro atoms. The first-order chi connectivity index (χ1) is 15.3. The van der Waals surface area contributed by atoms with Crippen molar-refractivity contribution in [3.8, 4) is 0 Å². The van der Waals surface area contributed by atoms with Crippen LogP contribution in [0.2, 0.25) is 5.02 Å². The topological polar surface area (TPSA) is 69.7 Å². The van der Waals surface area contributed by atoms with Crippen LogP contribution < -0.4 is 9.62 Å². The van der Waals surface area contributed by atoms with E-state index in [1.54, 1.807) is 11.0 Å². The summed E-state index contributed by atoms with van der Waals surface area (Å²) in [6.45, 7) is 2.32. The number of amides is 1. The van der Waals surface area contributed by atoms with Crippen LogP contribution in [-0.4, -0.2) is 45.4 Å². The predicted octanol–water partition coefficient (Wildman–Crippen LogP) is 4.24. The lowest BCUT2D eigenvalue weighted by Gasteiger charge is -2.36. The number of rotatable bonds is 5. The molecular weight excluding hydrogens is 453 g/mol. The molecule has 3 aromatic carbocycles. The van der Waals surface area contributed by atoms with E-state index in [1.807, 2.05) is 24.3 Å². The Morgan fingerprint density at radius 3 is 2.28 bits per heavy atom. The SMILES string of the molecule is O=C(c1cccc(S(=O)(=O)Nc2ccccc2F)c1)N1CCN(c2ccc(Cl)cc2)CC1. The van der Waals surface area contributed by atoms with E-state index < -0.39 is 15.8 Å². The molecule has 0 saturated carbocycles. The third-order valence-corrected chi connectivity index (χ3v) is 6.88. The van der Waals surface area contributed by atoms with Crippen LogP contribution in [0.15, 0.2) is 77.7 Å². The van der Waals surface area contributed by atoms with Gasteiger partial charge in [0.25, 0.3) is 15.9 Å². The summed E-state index contributed by atoms with van der Waals surface area (Å²) in [4.78, 5) is 16.8. The Bertz CT molecular complexity index is 1230. The Balaban J connectivity index is 1.46. The Morgan fingerprint density at radius 1 is 0.906 bits per heavy atom. The average molecular weight is 474 g/mol. The fraction of sp³-hybridized carbons (Fsp3) is 0.174. The average Bonchev–Trinajstić information content (AvgIpc) is 2.81. The number of piperazine rings is 1. The number of nitrogens with zero attached hydrogens (tertiary/aromatic N) is 2. The second-order valence-electron chi connectivity index (χ2n) is 7.37. The molecule has 0 bridgehead atoms. The van der Waals surface area contributed by atoms with Crippen LogP contribution in [0.3, 0.4) is 0 Å². The van der Waals surface area contributed by atoms with Gasteiger partial charge in [-0.2, -0.15) is 0 Å². The van der Waals surface area contributed by atoms with Crippen molar-refractivity contribution in [2.45, 2.75) is 4.90 Å². The Hall–Kier alpha value is -3.10. The highest BCUT2D eigenvalue weighted by Crippen LogP contribution is 2.22. The molecule has 1 heterocycles. The molecule has 0 atom stereocenters. The second kappa shape index (κ2) is 9.18. The van der Waals surface area contributed by atoms with Gasteiger partial charge in [0, 0.05) is 42.5 Å². The zero-order valence-electron chi connectivity index (χ0n) is 17.0. The first kappa shape index (κ1) is 22.1. The minimum absolute atomic E-state index is 0.105. The lowest BCUT2D eigenvalue weighted by atomic mass is 10.1. The first-order valence-corrected chi connectivity index (χ1v) is 11.9. The van der Waals surface area contributed by atoms with Crippen molar-refractivity contribution < 1.29 is 17.6 Å². The fourth-order valence-electron chi connectivity index (χ4n) is 3.55. The lowest BCUT2D eigenvalue weighted by molar-refractivity contribution is 0.0746. The molecule has 1 fully saturated rings. The van der Waals surface area contributed by atoms with Crippen LogP contribution in [0.25, 0.3) is 0 Å². The molecule has 3 aromatic rings. The van der Waals surface area contributed by atoms with E-state index in [0.29, 0.717) is 31.2 Å². The maximum Gasteiger partial charge on any atom is 0.262 e. The van der Waals surface area contributed by atoms with Crippen LogP contribution in [0.5, 0.6) is 0 Å². The Morgan fingerprint density at radius 2 is 1.59 bits per heavy atom. The second-order valence-corrected chi connectivity index (χ2v) is 9.49. The monoisotopic (exact) mass is 473 g/mol. The molecule has 4 rings (SSSR count).